The van der Waals surface area contributed by atoms with Crippen LogP contribution in [0.4, 0.5) is 0 Å². The monoisotopic (exact) mass is 715 g/mol. The summed E-state index contributed by atoms with van der Waals surface area (Å²) in [5.74, 6) is 1.52. The first kappa shape index (κ1) is 55.4. The average Bonchev–Trinajstić information content (AvgIpc) is 2.96. The molecule has 298 valence electrons. The highest BCUT2D eigenvalue weighted by Gasteiger charge is 2.29. The normalized spacial score (nSPS) is 12.8. The quantitative estimate of drug-likeness (QED) is 0.141. The topological polar surface area (TPSA) is 68.3 Å². The van der Waals surface area contributed by atoms with E-state index in [-0.39, 0.29) is 33.0 Å². The van der Waals surface area contributed by atoms with Gasteiger partial charge in [-0.05, 0) is 49.4 Å². The summed E-state index contributed by atoms with van der Waals surface area (Å²) < 4.78 is 0. The Hall–Kier alpha value is -2.36. The van der Waals surface area contributed by atoms with Gasteiger partial charge in [-0.2, -0.15) is 0 Å². The van der Waals surface area contributed by atoms with Gasteiger partial charge in [-0.3, -0.25) is 19.2 Å². The summed E-state index contributed by atoms with van der Waals surface area (Å²) in [4.78, 5) is 46.3. The van der Waals surface area contributed by atoms with Crippen LogP contribution >= 0.6 is 0 Å². The Morgan fingerprint density at radius 2 is 0.804 bits per heavy atom. The van der Waals surface area contributed by atoms with Gasteiger partial charge >= 0.3 is 0 Å². The van der Waals surface area contributed by atoms with Crippen molar-refractivity contribution in [2.45, 2.75) is 196 Å². The van der Waals surface area contributed by atoms with E-state index >= 15 is 0 Å². The molecule has 0 spiro atoms. The Labute approximate surface area is 318 Å². The predicted molar refractivity (Wildman–Crippen MR) is 226 cm³/mol. The molecule has 0 aromatic heterocycles. The van der Waals surface area contributed by atoms with Crippen molar-refractivity contribution in [3.63, 3.8) is 0 Å². The van der Waals surface area contributed by atoms with Gasteiger partial charge < -0.3 is 0 Å². The Balaban J connectivity index is -0.000000291. The highest BCUT2D eigenvalue weighted by atomic mass is 16.1. The number of allylic oxidation sites excluding steroid dienone is 8. The minimum atomic E-state index is -0.209. The van der Waals surface area contributed by atoms with Crippen LogP contribution in [0.2, 0.25) is 0 Å². The van der Waals surface area contributed by atoms with E-state index in [0.717, 1.165) is 38.5 Å². The number of Topliss-reactive ketones (excluding diaryl/α,β-unsaturated/α-hetero) is 4. The molecule has 0 rings (SSSR count). The lowest BCUT2D eigenvalue weighted by Gasteiger charge is -2.26. The zero-order valence-electron chi connectivity index (χ0n) is 37.4. The molecule has 0 atom stereocenters. The summed E-state index contributed by atoms with van der Waals surface area (Å²) in [5, 5.41) is 0. The number of hydrogen-bond acceptors (Lipinski definition) is 4. The molecule has 0 aliphatic heterocycles. The molecule has 0 bridgehead atoms. The van der Waals surface area contributed by atoms with E-state index in [0.29, 0.717) is 48.8 Å². The molecule has 0 fully saturated rings. The first-order chi connectivity index (χ1) is 23.0. The largest absolute Gasteiger partial charge is 0.299 e. The zero-order chi connectivity index (χ0) is 41.1. The first-order valence-corrected chi connectivity index (χ1v) is 19.8. The van der Waals surface area contributed by atoms with Crippen molar-refractivity contribution < 1.29 is 19.2 Å². The summed E-state index contributed by atoms with van der Waals surface area (Å²) in [6.07, 6.45) is 24.8. The van der Waals surface area contributed by atoms with Crippen LogP contribution in [-0.4, -0.2) is 23.1 Å². The lowest BCUT2D eigenvalue weighted by Crippen LogP contribution is -2.27. The van der Waals surface area contributed by atoms with Crippen molar-refractivity contribution in [1.82, 2.24) is 0 Å². The van der Waals surface area contributed by atoms with E-state index < -0.39 is 0 Å². The van der Waals surface area contributed by atoms with Gasteiger partial charge in [0.25, 0.3) is 0 Å². The van der Waals surface area contributed by atoms with E-state index in [9.17, 15) is 19.2 Å². The van der Waals surface area contributed by atoms with Crippen LogP contribution in [0.1, 0.15) is 196 Å². The van der Waals surface area contributed by atoms with Crippen molar-refractivity contribution in [3.05, 3.63) is 48.6 Å². The second-order valence-electron chi connectivity index (χ2n) is 18.7. The van der Waals surface area contributed by atoms with Crippen LogP contribution in [0.25, 0.3) is 0 Å². The van der Waals surface area contributed by atoms with Gasteiger partial charge in [0.1, 0.15) is 23.1 Å². The van der Waals surface area contributed by atoms with Gasteiger partial charge in [-0.15, -0.1) is 0 Å². The fourth-order valence-corrected chi connectivity index (χ4v) is 4.51. The minimum absolute atomic E-state index is 0.100. The number of carbonyl (C=O) groups excluding carboxylic acids is 4. The lowest BCUT2D eigenvalue weighted by atomic mass is 9.77. The fourth-order valence-electron chi connectivity index (χ4n) is 4.51. The molecule has 0 aliphatic rings. The Kier molecular flexibility index (Phi) is 30.6. The standard InChI is InChI=1S/C14H26O.C12H22O.C11H20O.C10H18O/c1-7-8-9-10-14(5,6)12(15)11-13(2,3)4;1-6-7-8-9-12(4,5)11(13)10(2)3;1-5-6-7-8-10(12)9-11(2,3)4;1-5-6-7-8-9(11)10(2,3)4/h8-9H,7,10-11H2,1-6H3;7-8,10H,6,9H2,1-5H3;6-7H,5,8-9H2,1-4H3;6-7H,5,8H2,1-4H3/b9-8-;8-7-;2*7-6-. The van der Waals surface area contributed by atoms with E-state index in [4.69, 9.17) is 0 Å². The highest BCUT2D eigenvalue weighted by Crippen LogP contribution is 2.30. The van der Waals surface area contributed by atoms with Crippen molar-refractivity contribution in [2.75, 3.05) is 0 Å². The Morgan fingerprint density at radius 3 is 1.14 bits per heavy atom. The van der Waals surface area contributed by atoms with E-state index in [1.807, 2.05) is 86.6 Å². The Morgan fingerprint density at radius 1 is 0.451 bits per heavy atom. The molecule has 0 aliphatic carbocycles. The zero-order valence-corrected chi connectivity index (χ0v) is 37.4. The molecule has 0 saturated carbocycles. The van der Waals surface area contributed by atoms with Crippen LogP contribution in [0.15, 0.2) is 48.6 Å². The van der Waals surface area contributed by atoms with Crippen LogP contribution in [0.5, 0.6) is 0 Å². The lowest BCUT2D eigenvalue weighted by molar-refractivity contribution is -0.130. The number of hydrogen-bond donors (Lipinski definition) is 0. The van der Waals surface area contributed by atoms with E-state index in [1.165, 1.54) is 0 Å². The van der Waals surface area contributed by atoms with Gasteiger partial charge in [-0.25, -0.2) is 0 Å². The molecule has 0 aromatic rings. The molecule has 4 heteroatoms. The maximum absolute atomic E-state index is 12.0. The first-order valence-electron chi connectivity index (χ1n) is 19.8. The number of rotatable bonds is 17. The minimum Gasteiger partial charge on any atom is -0.299 e. The molecule has 0 N–H and O–H groups in total. The molecule has 0 radical (unpaired) electrons. The summed E-state index contributed by atoms with van der Waals surface area (Å²) >= 11 is 0. The maximum atomic E-state index is 12.0. The van der Waals surface area contributed by atoms with Crippen LogP contribution < -0.4 is 0 Å². The smallest absolute Gasteiger partial charge is 0.141 e. The molecule has 0 aromatic carbocycles. The predicted octanol–water partition coefficient (Wildman–Crippen LogP) is 14.3. The van der Waals surface area contributed by atoms with Crippen molar-refractivity contribution in [3.8, 4) is 0 Å². The van der Waals surface area contributed by atoms with Crippen LogP contribution in [0, 0.1) is 33.0 Å². The number of ketones is 4. The molecule has 51 heavy (non-hydrogen) atoms. The number of carbonyl (C=O) groups is 4. The van der Waals surface area contributed by atoms with Crippen LogP contribution in [0.3, 0.4) is 0 Å². The van der Waals surface area contributed by atoms with Gasteiger partial charge in [-0.1, -0.05) is 180 Å². The summed E-state index contributed by atoms with van der Waals surface area (Å²) in [5.41, 5.74) is -0.350. The molecule has 0 saturated heterocycles. The van der Waals surface area contributed by atoms with Gasteiger partial charge in [0.05, 0.1) is 0 Å². The summed E-state index contributed by atoms with van der Waals surface area (Å²) in [6.45, 7) is 38.9. The average molecular weight is 715 g/mol. The van der Waals surface area contributed by atoms with Crippen molar-refractivity contribution in [1.29, 1.82) is 0 Å². The molecular formula is C47H86O4. The van der Waals surface area contributed by atoms with Gasteiger partial charge in [0.15, 0.2) is 0 Å². The summed E-state index contributed by atoms with van der Waals surface area (Å²) in [7, 11) is 0. The highest BCUT2D eigenvalue weighted by molar-refractivity contribution is 5.86. The van der Waals surface area contributed by atoms with E-state index in [2.05, 4.69) is 93.5 Å². The molecule has 0 heterocycles. The van der Waals surface area contributed by atoms with E-state index in [1.54, 1.807) is 0 Å². The maximum Gasteiger partial charge on any atom is 0.141 e. The fraction of sp³-hybridized carbons (Fsp3) is 0.745. The Bertz CT molecular complexity index is 1070. The molecule has 0 unspecified atom stereocenters. The molecular weight excluding hydrogens is 629 g/mol. The van der Waals surface area contributed by atoms with Gasteiger partial charge in [0, 0.05) is 47.8 Å². The molecule has 4 nitrogen and oxygen atoms in total. The third kappa shape index (κ3) is 37.2. The second-order valence-corrected chi connectivity index (χ2v) is 18.7. The van der Waals surface area contributed by atoms with Crippen molar-refractivity contribution >= 4 is 23.1 Å². The molecule has 0 amide bonds. The summed E-state index contributed by atoms with van der Waals surface area (Å²) in [6, 6.07) is 0. The SMILES string of the molecule is CC/C=C\CC(=O)C(C)(C)C.CC/C=C\CC(=O)CC(C)(C)C.CC/C=C\CC(C)(C)C(=O)C(C)C.CC/C=C\CC(C)(C)C(=O)CC(C)(C)C. The second kappa shape index (κ2) is 28.2. The van der Waals surface area contributed by atoms with Crippen molar-refractivity contribution in [2.24, 2.45) is 33.0 Å². The third-order valence-electron chi connectivity index (χ3n) is 7.72. The third-order valence-corrected chi connectivity index (χ3v) is 7.72. The van der Waals surface area contributed by atoms with Crippen LogP contribution in [-0.2, 0) is 19.2 Å². The van der Waals surface area contributed by atoms with Gasteiger partial charge in [0.2, 0.25) is 0 Å².